The zero-order valence-corrected chi connectivity index (χ0v) is 13.6. The molecule has 0 saturated carbocycles. The number of ether oxygens (including phenoxy) is 1. The predicted molar refractivity (Wildman–Crippen MR) is 91.2 cm³/mol. The fraction of sp³-hybridized carbons (Fsp3) is 0.278. The first-order valence-electron chi connectivity index (χ1n) is 7.73. The van der Waals surface area contributed by atoms with Gasteiger partial charge in [0.15, 0.2) is 0 Å². The molecule has 3 aromatic rings. The quantitative estimate of drug-likeness (QED) is 0.774. The van der Waals surface area contributed by atoms with Crippen molar-refractivity contribution in [3.8, 4) is 5.75 Å². The minimum absolute atomic E-state index is 0.0640. The molecule has 3 rings (SSSR count). The molecule has 2 aromatic heterocycles. The Kier molecular flexibility index (Phi) is 4.57. The third kappa shape index (κ3) is 3.44. The number of aliphatic hydroxyl groups is 1. The summed E-state index contributed by atoms with van der Waals surface area (Å²) in [5.41, 5.74) is 2.36. The molecule has 1 N–H and O–H groups in total. The van der Waals surface area contributed by atoms with Gasteiger partial charge in [-0.3, -0.25) is 9.78 Å². The van der Waals surface area contributed by atoms with Gasteiger partial charge in [0.05, 0.1) is 23.6 Å². The van der Waals surface area contributed by atoms with Crippen molar-refractivity contribution in [3.63, 3.8) is 0 Å². The fourth-order valence-electron chi connectivity index (χ4n) is 2.45. The second-order valence-electron chi connectivity index (χ2n) is 5.80. The van der Waals surface area contributed by atoms with E-state index in [2.05, 4.69) is 10.1 Å². The Balaban J connectivity index is 1.71. The zero-order valence-electron chi connectivity index (χ0n) is 13.6. The van der Waals surface area contributed by atoms with Crippen molar-refractivity contribution < 1.29 is 9.84 Å². The third-order valence-corrected chi connectivity index (χ3v) is 3.78. The van der Waals surface area contributed by atoms with Crippen LogP contribution in [0.15, 0.2) is 47.5 Å². The molecule has 1 unspecified atom stereocenters. The summed E-state index contributed by atoms with van der Waals surface area (Å²) in [5.74, 6) is 0.733. The lowest BCUT2D eigenvalue weighted by Gasteiger charge is -2.15. The molecule has 0 radical (unpaired) electrons. The molecule has 0 aliphatic carbocycles. The SMILES string of the molecule is Cc1ccc(C)c(OCC(O)Cn2ncc3ncccc3c2=O)c1. The Labute approximate surface area is 139 Å². The molecule has 24 heavy (non-hydrogen) atoms. The molecule has 6 heteroatoms. The second kappa shape index (κ2) is 6.80. The largest absolute Gasteiger partial charge is 0.491 e. The topological polar surface area (TPSA) is 77.2 Å². The van der Waals surface area contributed by atoms with E-state index < -0.39 is 6.10 Å². The molecule has 0 spiro atoms. The summed E-state index contributed by atoms with van der Waals surface area (Å²) in [4.78, 5) is 16.4. The van der Waals surface area contributed by atoms with Gasteiger partial charge in [0.1, 0.15) is 18.5 Å². The number of hydrogen-bond acceptors (Lipinski definition) is 5. The average Bonchev–Trinajstić information content (AvgIpc) is 2.58. The highest BCUT2D eigenvalue weighted by Crippen LogP contribution is 2.19. The number of rotatable bonds is 5. The van der Waals surface area contributed by atoms with Crippen molar-refractivity contribution in [2.75, 3.05) is 6.61 Å². The van der Waals surface area contributed by atoms with Crippen LogP contribution in [0.4, 0.5) is 0 Å². The van der Waals surface area contributed by atoms with Gasteiger partial charge < -0.3 is 9.84 Å². The fourth-order valence-corrected chi connectivity index (χ4v) is 2.45. The molecule has 0 fully saturated rings. The Morgan fingerprint density at radius 2 is 2.12 bits per heavy atom. The van der Waals surface area contributed by atoms with E-state index in [-0.39, 0.29) is 18.7 Å². The maximum Gasteiger partial charge on any atom is 0.276 e. The van der Waals surface area contributed by atoms with Crippen LogP contribution in [0, 0.1) is 13.8 Å². The molecule has 6 nitrogen and oxygen atoms in total. The standard InChI is InChI=1S/C18H19N3O3/c1-12-5-6-13(2)17(8-12)24-11-14(22)10-21-18(23)15-4-3-7-19-16(15)9-20-21/h3-9,14,22H,10-11H2,1-2H3. The van der Waals surface area contributed by atoms with E-state index in [4.69, 9.17) is 4.74 Å². The van der Waals surface area contributed by atoms with Crippen molar-refractivity contribution in [2.45, 2.75) is 26.5 Å². The lowest BCUT2D eigenvalue weighted by Crippen LogP contribution is -2.32. The highest BCUT2D eigenvalue weighted by molar-refractivity contribution is 5.75. The number of hydrogen-bond donors (Lipinski definition) is 1. The Morgan fingerprint density at radius 1 is 1.29 bits per heavy atom. The first-order chi connectivity index (χ1) is 11.5. The number of aromatic nitrogens is 3. The van der Waals surface area contributed by atoms with Crippen LogP contribution in [0.2, 0.25) is 0 Å². The van der Waals surface area contributed by atoms with Crippen molar-refractivity contribution >= 4 is 10.9 Å². The Hall–Kier alpha value is -2.73. The van der Waals surface area contributed by atoms with Crippen LogP contribution in [0.25, 0.3) is 10.9 Å². The maximum atomic E-state index is 12.3. The highest BCUT2D eigenvalue weighted by atomic mass is 16.5. The van der Waals surface area contributed by atoms with Crippen LogP contribution in [-0.2, 0) is 6.54 Å². The highest BCUT2D eigenvalue weighted by Gasteiger charge is 2.11. The van der Waals surface area contributed by atoms with E-state index in [0.29, 0.717) is 10.9 Å². The van der Waals surface area contributed by atoms with Crippen LogP contribution >= 0.6 is 0 Å². The van der Waals surface area contributed by atoms with E-state index in [9.17, 15) is 9.90 Å². The van der Waals surface area contributed by atoms with Gasteiger partial charge in [0.2, 0.25) is 0 Å². The lowest BCUT2D eigenvalue weighted by molar-refractivity contribution is 0.0878. The van der Waals surface area contributed by atoms with Gasteiger partial charge >= 0.3 is 0 Å². The molecule has 2 heterocycles. The molecule has 0 amide bonds. The molecule has 0 saturated heterocycles. The van der Waals surface area contributed by atoms with Crippen LogP contribution < -0.4 is 10.3 Å². The van der Waals surface area contributed by atoms with E-state index >= 15 is 0 Å². The van der Waals surface area contributed by atoms with Crippen molar-refractivity contribution in [2.24, 2.45) is 0 Å². The number of pyridine rings is 1. The lowest BCUT2D eigenvalue weighted by atomic mass is 10.1. The number of benzene rings is 1. The minimum Gasteiger partial charge on any atom is -0.491 e. The summed E-state index contributed by atoms with van der Waals surface area (Å²) in [6.45, 7) is 4.08. The van der Waals surface area contributed by atoms with Crippen molar-refractivity contribution in [1.82, 2.24) is 14.8 Å². The summed E-state index contributed by atoms with van der Waals surface area (Å²) >= 11 is 0. The van der Waals surface area contributed by atoms with Crippen LogP contribution in [0.1, 0.15) is 11.1 Å². The Morgan fingerprint density at radius 3 is 2.96 bits per heavy atom. The van der Waals surface area contributed by atoms with Gasteiger partial charge in [-0.1, -0.05) is 12.1 Å². The minimum atomic E-state index is -0.843. The molecular formula is C18H19N3O3. The van der Waals surface area contributed by atoms with Gasteiger partial charge in [-0.25, -0.2) is 4.68 Å². The predicted octanol–water partition coefficient (Wildman–Crippen LogP) is 1.85. The summed E-state index contributed by atoms with van der Waals surface area (Å²) in [6, 6.07) is 9.30. The first-order valence-corrected chi connectivity index (χ1v) is 7.73. The van der Waals surface area contributed by atoms with E-state index in [1.807, 2.05) is 32.0 Å². The summed E-state index contributed by atoms with van der Waals surface area (Å²) in [6.07, 6.45) is 2.29. The summed E-state index contributed by atoms with van der Waals surface area (Å²) < 4.78 is 6.91. The number of fused-ring (bicyclic) bond motifs is 1. The summed E-state index contributed by atoms with van der Waals surface area (Å²) in [7, 11) is 0. The Bertz CT molecular complexity index is 921. The van der Waals surface area contributed by atoms with Crippen molar-refractivity contribution in [1.29, 1.82) is 0 Å². The van der Waals surface area contributed by atoms with Gasteiger partial charge in [-0.2, -0.15) is 5.10 Å². The van der Waals surface area contributed by atoms with Gasteiger partial charge in [-0.05, 0) is 43.2 Å². The molecule has 0 aliphatic heterocycles. The number of aliphatic hydroxyl groups excluding tert-OH is 1. The first kappa shape index (κ1) is 16.1. The van der Waals surface area contributed by atoms with Gasteiger partial charge in [0, 0.05) is 6.20 Å². The molecule has 1 atom stereocenters. The summed E-state index contributed by atoms with van der Waals surface area (Å²) in [5, 5.41) is 14.7. The van der Waals surface area contributed by atoms with Crippen LogP contribution in [-0.4, -0.2) is 32.6 Å². The van der Waals surface area contributed by atoms with Crippen LogP contribution in [0.3, 0.4) is 0 Å². The van der Waals surface area contributed by atoms with E-state index in [1.54, 1.807) is 18.3 Å². The maximum absolute atomic E-state index is 12.3. The molecule has 1 aromatic carbocycles. The number of nitrogens with zero attached hydrogens (tertiary/aromatic N) is 3. The van der Waals surface area contributed by atoms with E-state index in [0.717, 1.165) is 16.9 Å². The van der Waals surface area contributed by atoms with Gasteiger partial charge in [-0.15, -0.1) is 0 Å². The average molecular weight is 325 g/mol. The molecular weight excluding hydrogens is 306 g/mol. The normalized spacial score (nSPS) is 12.3. The molecule has 0 bridgehead atoms. The smallest absolute Gasteiger partial charge is 0.276 e. The molecule has 124 valence electrons. The van der Waals surface area contributed by atoms with E-state index in [1.165, 1.54) is 10.9 Å². The second-order valence-corrected chi connectivity index (χ2v) is 5.80. The monoisotopic (exact) mass is 325 g/mol. The van der Waals surface area contributed by atoms with Gasteiger partial charge in [0.25, 0.3) is 5.56 Å². The van der Waals surface area contributed by atoms with Crippen LogP contribution in [0.5, 0.6) is 5.75 Å². The third-order valence-electron chi connectivity index (χ3n) is 3.78. The molecule has 0 aliphatic rings. The van der Waals surface area contributed by atoms with Crippen molar-refractivity contribution in [3.05, 3.63) is 64.2 Å². The number of aryl methyl sites for hydroxylation is 2. The zero-order chi connectivity index (χ0) is 17.1.